The molecule has 1 fully saturated rings. The molecular formula is C19H32N2O2. The van der Waals surface area contributed by atoms with Gasteiger partial charge in [-0.05, 0) is 63.9 Å². The minimum absolute atomic E-state index is 0.106. The number of nitrogens with zero attached hydrogens (tertiary/aromatic N) is 1. The minimum atomic E-state index is 0.106. The molecule has 0 amide bonds. The van der Waals surface area contributed by atoms with E-state index >= 15 is 0 Å². The van der Waals surface area contributed by atoms with Crippen LogP contribution in [0.15, 0.2) is 18.2 Å². The quantitative estimate of drug-likeness (QED) is 0.755. The average Bonchev–Trinajstić information content (AvgIpc) is 3.03. The van der Waals surface area contributed by atoms with Gasteiger partial charge in [0, 0.05) is 18.6 Å². The molecule has 0 aromatic heterocycles. The van der Waals surface area contributed by atoms with E-state index in [0.29, 0.717) is 0 Å². The molecule has 23 heavy (non-hydrogen) atoms. The van der Waals surface area contributed by atoms with E-state index in [4.69, 9.17) is 9.47 Å². The second-order valence-electron chi connectivity index (χ2n) is 7.05. The summed E-state index contributed by atoms with van der Waals surface area (Å²) < 4.78 is 11.2. The summed E-state index contributed by atoms with van der Waals surface area (Å²) in [5.74, 6) is 1.64. The Morgan fingerprint density at radius 1 is 1.17 bits per heavy atom. The lowest BCUT2D eigenvalue weighted by atomic mass is 10.0. The summed E-state index contributed by atoms with van der Waals surface area (Å²) in [6.45, 7) is 11.8. The topological polar surface area (TPSA) is 33.7 Å². The molecule has 4 nitrogen and oxygen atoms in total. The van der Waals surface area contributed by atoms with Crippen molar-refractivity contribution < 1.29 is 9.47 Å². The molecule has 1 heterocycles. The Balaban J connectivity index is 1.91. The molecular weight excluding hydrogens is 288 g/mol. The Labute approximate surface area is 141 Å². The summed E-state index contributed by atoms with van der Waals surface area (Å²) in [5.41, 5.74) is 1.33. The molecule has 1 aliphatic heterocycles. The van der Waals surface area contributed by atoms with Crippen LogP contribution in [0.1, 0.15) is 45.6 Å². The van der Waals surface area contributed by atoms with Crippen LogP contribution in [0, 0.1) is 0 Å². The summed E-state index contributed by atoms with van der Waals surface area (Å²) in [6.07, 6.45) is 3.68. The van der Waals surface area contributed by atoms with Crippen LogP contribution >= 0.6 is 0 Å². The van der Waals surface area contributed by atoms with E-state index in [1.807, 2.05) is 6.07 Å². The largest absolute Gasteiger partial charge is 0.493 e. The number of likely N-dealkylation sites (tertiary alicyclic amines) is 1. The summed E-state index contributed by atoms with van der Waals surface area (Å²) in [5, 5.41) is 3.68. The fourth-order valence-electron chi connectivity index (χ4n) is 3.05. The second-order valence-corrected chi connectivity index (χ2v) is 7.05. The lowest BCUT2D eigenvalue weighted by molar-refractivity contribution is 0.234. The van der Waals surface area contributed by atoms with Crippen molar-refractivity contribution in [3.8, 4) is 11.5 Å². The minimum Gasteiger partial charge on any atom is -0.493 e. The Bertz CT molecular complexity index is 482. The third-order valence-electron chi connectivity index (χ3n) is 4.28. The van der Waals surface area contributed by atoms with Gasteiger partial charge in [0.1, 0.15) is 0 Å². The van der Waals surface area contributed by atoms with Gasteiger partial charge in [0.25, 0.3) is 0 Å². The molecule has 130 valence electrons. The molecule has 0 radical (unpaired) electrons. The van der Waals surface area contributed by atoms with Crippen molar-refractivity contribution in [1.82, 2.24) is 10.2 Å². The first-order chi connectivity index (χ1) is 11.0. The van der Waals surface area contributed by atoms with Crippen LogP contribution < -0.4 is 14.8 Å². The number of hydrogen-bond acceptors (Lipinski definition) is 4. The summed E-state index contributed by atoms with van der Waals surface area (Å²) in [7, 11) is 1.70. The SMILES string of the molecule is CCCOc1ccc(CNC(C)(C)CN2CCCC2)cc1OC. The van der Waals surface area contributed by atoms with Crippen LogP contribution in [0.5, 0.6) is 11.5 Å². The molecule has 0 saturated carbocycles. The molecule has 1 saturated heterocycles. The van der Waals surface area contributed by atoms with E-state index in [0.717, 1.165) is 37.6 Å². The monoisotopic (exact) mass is 320 g/mol. The average molecular weight is 320 g/mol. The Kier molecular flexibility index (Phi) is 6.72. The zero-order valence-electron chi connectivity index (χ0n) is 15.2. The van der Waals surface area contributed by atoms with E-state index in [1.165, 1.54) is 31.5 Å². The van der Waals surface area contributed by atoms with E-state index in [9.17, 15) is 0 Å². The Morgan fingerprint density at radius 2 is 1.91 bits per heavy atom. The van der Waals surface area contributed by atoms with E-state index in [1.54, 1.807) is 7.11 Å². The molecule has 1 aliphatic rings. The lowest BCUT2D eigenvalue weighted by Crippen LogP contribution is -2.48. The van der Waals surface area contributed by atoms with Gasteiger partial charge in [0.05, 0.1) is 13.7 Å². The van der Waals surface area contributed by atoms with Gasteiger partial charge in [-0.15, -0.1) is 0 Å². The highest BCUT2D eigenvalue weighted by Gasteiger charge is 2.23. The summed E-state index contributed by atoms with van der Waals surface area (Å²) in [6, 6.07) is 6.20. The molecule has 2 rings (SSSR count). The predicted molar refractivity (Wildman–Crippen MR) is 95.4 cm³/mol. The first-order valence-electron chi connectivity index (χ1n) is 8.81. The zero-order chi connectivity index (χ0) is 16.7. The third kappa shape index (κ3) is 5.70. The van der Waals surface area contributed by atoms with Gasteiger partial charge >= 0.3 is 0 Å². The van der Waals surface area contributed by atoms with Gasteiger partial charge in [-0.2, -0.15) is 0 Å². The number of nitrogens with one attached hydrogen (secondary N) is 1. The smallest absolute Gasteiger partial charge is 0.161 e. The number of methoxy groups -OCH3 is 1. The highest BCUT2D eigenvalue weighted by Crippen LogP contribution is 2.28. The van der Waals surface area contributed by atoms with Crippen LogP contribution in [-0.4, -0.2) is 43.8 Å². The fraction of sp³-hybridized carbons (Fsp3) is 0.684. The lowest BCUT2D eigenvalue weighted by Gasteiger charge is -2.31. The molecule has 0 atom stereocenters. The van der Waals surface area contributed by atoms with Crippen molar-refractivity contribution in [3.05, 3.63) is 23.8 Å². The summed E-state index contributed by atoms with van der Waals surface area (Å²) in [4.78, 5) is 2.55. The number of hydrogen-bond donors (Lipinski definition) is 1. The van der Waals surface area contributed by atoms with Gasteiger partial charge < -0.3 is 19.7 Å². The highest BCUT2D eigenvalue weighted by molar-refractivity contribution is 5.43. The molecule has 4 heteroatoms. The third-order valence-corrected chi connectivity index (χ3v) is 4.28. The van der Waals surface area contributed by atoms with Crippen LogP contribution in [0.2, 0.25) is 0 Å². The number of ether oxygens (including phenoxy) is 2. The molecule has 1 aromatic rings. The molecule has 0 spiro atoms. The van der Waals surface area contributed by atoms with Crippen molar-refractivity contribution in [2.24, 2.45) is 0 Å². The maximum atomic E-state index is 5.71. The second kappa shape index (κ2) is 8.55. The molecule has 0 unspecified atom stereocenters. The molecule has 1 aromatic carbocycles. The van der Waals surface area contributed by atoms with E-state index < -0.39 is 0 Å². The summed E-state index contributed by atoms with van der Waals surface area (Å²) >= 11 is 0. The normalized spacial score (nSPS) is 15.8. The Morgan fingerprint density at radius 3 is 2.57 bits per heavy atom. The van der Waals surface area contributed by atoms with Crippen LogP contribution in [0.25, 0.3) is 0 Å². The van der Waals surface area contributed by atoms with Gasteiger partial charge in [0.2, 0.25) is 0 Å². The van der Waals surface area contributed by atoms with Gasteiger partial charge in [0.15, 0.2) is 11.5 Å². The van der Waals surface area contributed by atoms with Crippen molar-refractivity contribution in [1.29, 1.82) is 0 Å². The van der Waals surface area contributed by atoms with Crippen LogP contribution in [-0.2, 0) is 6.54 Å². The molecule has 0 aliphatic carbocycles. The maximum Gasteiger partial charge on any atom is 0.161 e. The van der Waals surface area contributed by atoms with Crippen LogP contribution in [0.3, 0.4) is 0 Å². The van der Waals surface area contributed by atoms with Crippen LogP contribution in [0.4, 0.5) is 0 Å². The Hall–Kier alpha value is -1.26. The standard InChI is InChI=1S/C19H32N2O2/c1-5-12-23-17-9-8-16(13-18(17)22-4)14-20-19(2,3)15-21-10-6-7-11-21/h8-9,13,20H,5-7,10-12,14-15H2,1-4H3. The van der Waals surface area contributed by atoms with Crippen molar-refractivity contribution in [2.45, 2.75) is 52.1 Å². The fourth-order valence-corrected chi connectivity index (χ4v) is 3.05. The number of rotatable bonds is 9. The maximum absolute atomic E-state index is 5.71. The molecule has 0 bridgehead atoms. The highest BCUT2D eigenvalue weighted by atomic mass is 16.5. The van der Waals surface area contributed by atoms with Gasteiger partial charge in [-0.1, -0.05) is 13.0 Å². The van der Waals surface area contributed by atoms with Gasteiger partial charge in [-0.25, -0.2) is 0 Å². The van der Waals surface area contributed by atoms with Crippen molar-refractivity contribution in [3.63, 3.8) is 0 Å². The van der Waals surface area contributed by atoms with Crippen molar-refractivity contribution >= 4 is 0 Å². The molecule has 1 N–H and O–H groups in total. The first kappa shape index (κ1) is 18.1. The zero-order valence-corrected chi connectivity index (χ0v) is 15.2. The van der Waals surface area contributed by atoms with Gasteiger partial charge in [-0.3, -0.25) is 0 Å². The van der Waals surface area contributed by atoms with E-state index in [-0.39, 0.29) is 5.54 Å². The van der Waals surface area contributed by atoms with E-state index in [2.05, 4.69) is 43.1 Å². The predicted octanol–water partition coefficient (Wildman–Crippen LogP) is 3.45. The van der Waals surface area contributed by atoms with Crippen molar-refractivity contribution in [2.75, 3.05) is 33.4 Å². The number of benzene rings is 1. The first-order valence-corrected chi connectivity index (χ1v) is 8.81.